The molecule has 0 fully saturated rings. The molecule has 0 bridgehead atoms. The second kappa shape index (κ2) is 8.70. The number of rotatable bonds is 8. The molecule has 0 amide bonds. The van der Waals surface area contributed by atoms with Gasteiger partial charge < -0.3 is 21.1 Å². The molecule has 0 radical (unpaired) electrons. The van der Waals surface area contributed by atoms with E-state index in [-0.39, 0.29) is 0 Å². The van der Waals surface area contributed by atoms with Gasteiger partial charge in [0, 0.05) is 16.3 Å². The highest BCUT2D eigenvalue weighted by Crippen LogP contribution is 2.31. The Bertz CT molecular complexity index is 612. The fraction of sp³-hybridized carbons (Fsp3) is 0.333. The van der Waals surface area contributed by atoms with Gasteiger partial charge in [0.2, 0.25) is 0 Å². The zero-order valence-corrected chi connectivity index (χ0v) is 14.6. The molecule has 23 heavy (non-hydrogen) atoms. The van der Waals surface area contributed by atoms with Gasteiger partial charge in [-0.05, 0) is 55.6 Å². The molecule has 0 atom stereocenters. The minimum atomic E-state index is 0.617. The number of likely N-dealkylation sites (N-methyl/N-ethyl adjacent to an activating group) is 1. The van der Waals surface area contributed by atoms with Crippen LogP contribution in [0.3, 0.4) is 0 Å². The molecule has 124 valence electrons. The monoisotopic (exact) mass is 331 g/mol. The Labute approximate surface area is 142 Å². The minimum Gasteiger partial charge on any atom is -0.492 e. The lowest BCUT2D eigenvalue weighted by Gasteiger charge is -2.18. The van der Waals surface area contributed by atoms with Crippen molar-refractivity contribution in [3.63, 3.8) is 0 Å². The number of hydrogen-bond acceptors (Lipinski definition) is 5. The van der Waals surface area contributed by atoms with E-state index in [1.807, 2.05) is 30.3 Å². The van der Waals surface area contributed by atoms with E-state index in [2.05, 4.69) is 30.9 Å². The number of hydrogen-bond donors (Lipinski definition) is 2. The molecule has 2 aromatic carbocycles. The Morgan fingerprint density at radius 2 is 1.57 bits per heavy atom. The Balaban J connectivity index is 1.87. The summed E-state index contributed by atoms with van der Waals surface area (Å²) in [6.07, 6.45) is 0. The molecule has 0 aromatic heterocycles. The highest BCUT2D eigenvalue weighted by Gasteiger charge is 2.02. The van der Waals surface area contributed by atoms with Gasteiger partial charge in [-0.3, -0.25) is 0 Å². The molecule has 5 heteroatoms. The van der Waals surface area contributed by atoms with Crippen LogP contribution in [0.25, 0.3) is 0 Å². The standard InChI is InChI=1S/C18H25N3OS/c1-3-21(4-2)11-12-22-14-5-7-15(8-6-14)23-16-9-10-17(19)18(20)13-16/h5-10,13H,3-4,11-12,19-20H2,1-2H3. The van der Waals surface area contributed by atoms with E-state index in [4.69, 9.17) is 16.2 Å². The van der Waals surface area contributed by atoms with Crippen molar-refractivity contribution < 1.29 is 4.74 Å². The fourth-order valence-electron chi connectivity index (χ4n) is 2.19. The molecule has 0 saturated heterocycles. The van der Waals surface area contributed by atoms with Crippen LogP contribution in [0.2, 0.25) is 0 Å². The highest BCUT2D eigenvalue weighted by atomic mass is 32.2. The lowest BCUT2D eigenvalue weighted by molar-refractivity contribution is 0.223. The molecule has 2 aromatic rings. The zero-order valence-electron chi connectivity index (χ0n) is 13.8. The first kappa shape index (κ1) is 17.5. The van der Waals surface area contributed by atoms with Crippen LogP contribution >= 0.6 is 11.8 Å². The van der Waals surface area contributed by atoms with Crippen LogP contribution in [0, 0.1) is 0 Å². The van der Waals surface area contributed by atoms with Gasteiger partial charge >= 0.3 is 0 Å². The third-order valence-electron chi connectivity index (χ3n) is 3.69. The van der Waals surface area contributed by atoms with E-state index in [9.17, 15) is 0 Å². The first-order valence-corrected chi connectivity index (χ1v) is 8.72. The van der Waals surface area contributed by atoms with Crippen molar-refractivity contribution in [3.05, 3.63) is 42.5 Å². The molecule has 0 aliphatic rings. The summed E-state index contributed by atoms with van der Waals surface area (Å²) in [5.41, 5.74) is 12.8. The fourth-order valence-corrected chi connectivity index (χ4v) is 3.06. The minimum absolute atomic E-state index is 0.617. The number of nitrogens with zero attached hydrogens (tertiary/aromatic N) is 1. The average Bonchev–Trinajstić information content (AvgIpc) is 2.56. The Hall–Kier alpha value is -1.85. The summed E-state index contributed by atoms with van der Waals surface area (Å²) in [4.78, 5) is 4.56. The van der Waals surface area contributed by atoms with E-state index < -0.39 is 0 Å². The smallest absolute Gasteiger partial charge is 0.119 e. The topological polar surface area (TPSA) is 64.5 Å². The van der Waals surface area contributed by atoms with Crippen LogP contribution in [0.1, 0.15) is 13.8 Å². The van der Waals surface area contributed by atoms with Crippen molar-refractivity contribution in [1.82, 2.24) is 4.90 Å². The van der Waals surface area contributed by atoms with E-state index in [0.29, 0.717) is 18.0 Å². The molecule has 0 aliphatic carbocycles. The number of benzene rings is 2. The second-order valence-corrected chi connectivity index (χ2v) is 6.39. The predicted molar refractivity (Wildman–Crippen MR) is 99.1 cm³/mol. The Morgan fingerprint density at radius 1 is 0.913 bits per heavy atom. The average molecular weight is 331 g/mol. The SMILES string of the molecule is CCN(CC)CCOc1ccc(Sc2ccc(N)c(N)c2)cc1. The summed E-state index contributed by atoms with van der Waals surface area (Å²) in [5.74, 6) is 0.901. The van der Waals surface area contributed by atoms with Crippen LogP contribution in [0.4, 0.5) is 11.4 Å². The summed E-state index contributed by atoms with van der Waals surface area (Å²) >= 11 is 1.66. The van der Waals surface area contributed by atoms with Gasteiger partial charge in [-0.2, -0.15) is 0 Å². The summed E-state index contributed by atoms with van der Waals surface area (Å²) in [6, 6.07) is 13.8. The zero-order chi connectivity index (χ0) is 16.7. The molecule has 0 aliphatic heterocycles. The van der Waals surface area contributed by atoms with Crippen molar-refractivity contribution in [3.8, 4) is 5.75 Å². The maximum atomic E-state index is 5.84. The first-order valence-electron chi connectivity index (χ1n) is 7.90. The maximum Gasteiger partial charge on any atom is 0.119 e. The quantitative estimate of drug-likeness (QED) is 0.722. The van der Waals surface area contributed by atoms with Gasteiger partial charge in [0.1, 0.15) is 12.4 Å². The molecule has 4 N–H and O–H groups in total. The van der Waals surface area contributed by atoms with Gasteiger partial charge in [0.25, 0.3) is 0 Å². The molecule has 4 nitrogen and oxygen atoms in total. The van der Waals surface area contributed by atoms with Gasteiger partial charge in [-0.15, -0.1) is 0 Å². The molecule has 2 rings (SSSR count). The summed E-state index contributed by atoms with van der Waals surface area (Å²) in [7, 11) is 0. The molecule has 0 heterocycles. The van der Waals surface area contributed by atoms with Crippen molar-refractivity contribution in [2.75, 3.05) is 37.7 Å². The van der Waals surface area contributed by atoms with E-state index in [1.165, 1.54) is 0 Å². The molecular weight excluding hydrogens is 306 g/mol. The van der Waals surface area contributed by atoms with E-state index >= 15 is 0 Å². The molecular formula is C18H25N3OS. The Kier molecular flexibility index (Phi) is 6.62. The van der Waals surface area contributed by atoms with Crippen molar-refractivity contribution in [2.45, 2.75) is 23.6 Å². The number of anilines is 2. The number of ether oxygens (including phenoxy) is 1. The van der Waals surface area contributed by atoms with Crippen molar-refractivity contribution in [1.29, 1.82) is 0 Å². The van der Waals surface area contributed by atoms with E-state index in [0.717, 1.165) is 35.2 Å². The molecule has 0 saturated carbocycles. The van der Waals surface area contributed by atoms with Crippen LogP contribution in [0.5, 0.6) is 5.75 Å². The summed E-state index contributed by atoms with van der Waals surface area (Å²) in [6.45, 7) is 8.11. The predicted octanol–water partition coefficient (Wildman–Crippen LogP) is 3.72. The summed E-state index contributed by atoms with van der Waals surface area (Å²) in [5, 5.41) is 0. The molecule has 0 spiro atoms. The lowest BCUT2D eigenvalue weighted by atomic mass is 10.3. The van der Waals surface area contributed by atoms with Gasteiger partial charge in [-0.1, -0.05) is 25.6 Å². The van der Waals surface area contributed by atoms with Crippen LogP contribution in [-0.2, 0) is 0 Å². The molecule has 0 unspecified atom stereocenters. The van der Waals surface area contributed by atoms with Crippen LogP contribution in [-0.4, -0.2) is 31.1 Å². The van der Waals surface area contributed by atoms with E-state index in [1.54, 1.807) is 11.8 Å². The third-order valence-corrected chi connectivity index (χ3v) is 4.69. The lowest BCUT2D eigenvalue weighted by Crippen LogP contribution is -2.27. The number of nitrogen functional groups attached to an aromatic ring is 2. The largest absolute Gasteiger partial charge is 0.492 e. The van der Waals surface area contributed by atoms with Gasteiger partial charge in [0.15, 0.2) is 0 Å². The van der Waals surface area contributed by atoms with Crippen molar-refractivity contribution >= 4 is 23.1 Å². The maximum absolute atomic E-state index is 5.84. The first-order chi connectivity index (χ1) is 11.1. The van der Waals surface area contributed by atoms with Crippen molar-refractivity contribution in [2.24, 2.45) is 0 Å². The summed E-state index contributed by atoms with van der Waals surface area (Å²) < 4.78 is 5.79. The normalized spacial score (nSPS) is 10.9. The van der Waals surface area contributed by atoms with Gasteiger partial charge in [-0.25, -0.2) is 0 Å². The highest BCUT2D eigenvalue weighted by molar-refractivity contribution is 7.99. The second-order valence-electron chi connectivity index (χ2n) is 5.24. The van der Waals surface area contributed by atoms with Crippen LogP contribution in [0.15, 0.2) is 52.3 Å². The van der Waals surface area contributed by atoms with Gasteiger partial charge in [0.05, 0.1) is 11.4 Å². The third kappa shape index (κ3) is 5.37. The Morgan fingerprint density at radius 3 is 2.17 bits per heavy atom. The van der Waals surface area contributed by atoms with Crippen LogP contribution < -0.4 is 16.2 Å². The number of nitrogens with two attached hydrogens (primary N) is 2.